The number of amides is 1. The Bertz CT molecular complexity index is 607. The van der Waals surface area contributed by atoms with Crippen molar-refractivity contribution in [3.05, 3.63) is 34.8 Å². The van der Waals surface area contributed by atoms with Gasteiger partial charge in [0.1, 0.15) is 0 Å². The van der Waals surface area contributed by atoms with Crippen molar-refractivity contribution in [2.24, 2.45) is 7.05 Å². The number of carbonyl (C=O) groups is 1. The number of likely N-dealkylation sites (N-methyl/N-ethyl adjacent to an activating group) is 1. The summed E-state index contributed by atoms with van der Waals surface area (Å²) >= 11 is 1.75. The molecule has 2 aromatic heterocycles. The van der Waals surface area contributed by atoms with Gasteiger partial charge in [-0.15, -0.1) is 11.3 Å². The van der Waals surface area contributed by atoms with Crippen LogP contribution < -0.4 is 4.90 Å². The summed E-state index contributed by atoms with van der Waals surface area (Å²) < 4.78 is 1.74. The van der Waals surface area contributed by atoms with Crippen molar-refractivity contribution in [1.82, 2.24) is 14.7 Å². The van der Waals surface area contributed by atoms with E-state index in [4.69, 9.17) is 0 Å². The van der Waals surface area contributed by atoms with Gasteiger partial charge >= 0.3 is 0 Å². The Morgan fingerprint density at radius 3 is 3.00 bits per heavy atom. The highest BCUT2D eigenvalue weighted by Gasteiger charge is 2.36. The second-order valence-electron chi connectivity index (χ2n) is 5.31. The van der Waals surface area contributed by atoms with Gasteiger partial charge in [0.15, 0.2) is 0 Å². The third-order valence-corrected chi connectivity index (χ3v) is 4.83. The molecule has 1 fully saturated rings. The van der Waals surface area contributed by atoms with Crippen molar-refractivity contribution in [1.29, 1.82) is 0 Å². The molecule has 0 aromatic carbocycles. The predicted molar refractivity (Wildman–Crippen MR) is 84.4 cm³/mol. The van der Waals surface area contributed by atoms with Crippen LogP contribution in [0.25, 0.3) is 0 Å². The van der Waals surface area contributed by atoms with Gasteiger partial charge in [-0.25, -0.2) is 0 Å². The molecule has 1 amide bonds. The molecular formula is C15H20N4OS. The molecule has 0 radical (unpaired) electrons. The summed E-state index contributed by atoms with van der Waals surface area (Å²) in [4.78, 5) is 18.1. The van der Waals surface area contributed by atoms with Crippen molar-refractivity contribution in [2.75, 3.05) is 18.0 Å². The minimum atomic E-state index is -0.0164. The van der Waals surface area contributed by atoms with E-state index in [-0.39, 0.29) is 11.9 Å². The van der Waals surface area contributed by atoms with Gasteiger partial charge in [0.25, 0.3) is 0 Å². The molecule has 0 N–H and O–H groups in total. The van der Waals surface area contributed by atoms with E-state index in [0.717, 1.165) is 31.7 Å². The van der Waals surface area contributed by atoms with Crippen LogP contribution in [0.15, 0.2) is 29.9 Å². The maximum Gasteiger partial charge on any atom is 0.244 e. The van der Waals surface area contributed by atoms with Gasteiger partial charge in [-0.05, 0) is 24.4 Å². The lowest BCUT2D eigenvalue weighted by Gasteiger charge is -2.25. The second kappa shape index (κ2) is 5.99. The Balaban J connectivity index is 1.72. The molecule has 21 heavy (non-hydrogen) atoms. The number of aryl methyl sites for hydroxylation is 1. The molecule has 0 aliphatic carbocycles. The van der Waals surface area contributed by atoms with Gasteiger partial charge < -0.3 is 4.90 Å². The summed E-state index contributed by atoms with van der Waals surface area (Å²) in [5.74, 6) is 0.196. The maximum absolute atomic E-state index is 12.7. The molecule has 3 rings (SSSR count). The summed E-state index contributed by atoms with van der Waals surface area (Å²) in [6, 6.07) is 4.18. The predicted octanol–water partition coefficient (Wildman–Crippen LogP) is 2.11. The molecule has 1 saturated heterocycles. The highest BCUT2D eigenvalue weighted by Crippen LogP contribution is 2.25. The fraction of sp³-hybridized carbons (Fsp3) is 0.467. The second-order valence-corrected chi connectivity index (χ2v) is 6.34. The first kappa shape index (κ1) is 14.3. The molecule has 6 heteroatoms. The first-order valence-corrected chi connectivity index (χ1v) is 8.13. The summed E-state index contributed by atoms with van der Waals surface area (Å²) in [5, 5.41) is 6.24. The molecule has 1 atom stereocenters. The molecule has 5 nitrogen and oxygen atoms in total. The van der Waals surface area contributed by atoms with Crippen LogP contribution in [0, 0.1) is 0 Å². The van der Waals surface area contributed by atoms with E-state index in [1.165, 1.54) is 4.88 Å². The minimum Gasteiger partial charge on any atom is -0.308 e. The van der Waals surface area contributed by atoms with E-state index in [0.29, 0.717) is 0 Å². The zero-order chi connectivity index (χ0) is 14.8. The number of thiophene rings is 1. The Kier molecular flexibility index (Phi) is 4.07. The number of hydrogen-bond donors (Lipinski definition) is 0. The van der Waals surface area contributed by atoms with Crippen LogP contribution in [-0.4, -0.2) is 39.7 Å². The smallest absolute Gasteiger partial charge is 0.244 e. The third-order valence-electron chi connectivity index (χ3n) is 3.97. The van der Waals surface area contributed by atoms with Crippen LogP contribution in [0.1, 0.15) is 18.2 Å². The molecule has 0 saturated carbocycles. The average Bonchev–Trinajstić information content (AvgIpc) is 3.18. The van der Waals surface area contributed by atoms with Gasteiger partial charge in [-0.2, -0.15) is 5.10 Å². The van der Waals surface area contributed by atoms with E-state index >= 15 is 0 Å². The van der Waals surface area contributed by atoms with Gasteiger partial charge in [-0.1, -0.05) is 13.0 Å². The lowest BCUT2D eigenvalue weighted by molar-refractivity contribution is -0.121. The van der Waals surface area contributed by atoms with Crippen LogP contribution in [0.2, 0.25) is 0 Å². The summed E-state index contributed by atoms with van der Waals surface area (Å²) in [6.07, 6.45) is 4.54. The van der Waals surface area contributed by atoms with Gasteiger partial charge in [0.2, 0.25) is 5.91 Å². The molecule has 0 bridgehead atoms. The Morgan fingerprint density at radius 1 is 1.52 bits per heavy atom. The Hall–Kier alpha value is -1.66. The fourth-order valence-corrected chi connectivity index (χ4v) is 3.58. The Labute approximate surface area is 128 Å². The molecule has 2 aromatic rings. The van der Waals surface area contributed by atoms with Crippen molar-refractivity contribution in [3.63, 3.8) is 0 Å². The summed E-state index contributed by atoms with van der Waals surface area (Å²) in [5.41, 5.74) is 0.900. The molecular weight excluding hydrogens is 284 g/mol. The van der Waals surface area contributed by atoms with Crippen LogP contribution in [0.3, 0.4) is 0 Å². The summed E-state index contributed by atoms with van der Waals surface area (Å²) in [7, 11) is 1.87. The van der Waals surface area contributed by atoms with Crippen molar-refractivity contribution < 1.29 is 4.79 Å². The first-order valence-electron chi connectivity index (χ1n) is 7.25. The highest BCUT2D eigenvalue weighted by atomic mass is 32.1. The van der Waals surface area contributed by atoms with E-state index < -0.39 is 0 Å². The molecule has 3 heterocycles. The SMILES string of the molecule is CCN(Cc1cccs1)[C@@H]1CCN(c2cnn(C)c2)C1=O. The number of nitrogens with zero attached hydrogens (tertiary/aromatic N) is 4. The largest absolute Gasteiger partial charge is 0.308 e. The van der Waals surface area contributed by atoms with Crippen LogP contribution in [-0.2, 0) is 18.4 Å². The minimum absolute atomic E-state index is 0.0164. The van der Waals surface area contributed by atoms with Crippen LogP contribution >= 0.6 is 11.3 Å². The molecule has 0 unspecified atom stereocenters. The standard InChI is InChI=1S/C15H20N4OS/c1-3-18(11-13-5-4-8-21-13)14-6-7-19(15(14)20)12-9-16-17(2)10-12/h4-5,8-10,14H,3,6-7,11H2,1-2H3/t14-/m1/s1. The van der Waals surface area contributed by atoms with Crippen molar-refractivity contribution in [2.45, 2.75) is 25.9 Å². The fourth-order valence-electron chi connectivity index (χ4n) is 2.85. The molecule has 112 valence electrons. The lowest BCUT2D eigenvalue weighted by atomic mass is 10.2. The average molecular weight is 304 g/mol. The molecule has 1 aliphatic heterocycles. The van der Waals surface area contributed by atoms with Crippen molar-refractivity contribution in [3.8, 4) is 0 Å². The third kappa shape index (κ3) is 2.87. The zero-order valence-electron chi connectivity index (χ0n) is 12.4. The molecule has 0 spiro atoms. The molecule has 1 aliphatic rings. The van der Waals surface area contributed by atoms with Gasteiger partial charge in [0.05, 0.1) is 17.9 Å². The van der Waals surface area contributed by atoms with E-state index in [1.807, 2.05) is 18.1 Å². The van der Waals surface area contributed by atoms with E-state index in [2.05, 4.69) is 34.4 Å². The number of anilines is 1. The van der Waals surface area contributed by atoms with E-state index in [1.54, 1.807) is 22.2 Å². The van der Waals surface area contributed by atoms with Crippen LogP contribution in [0.4, 0.5) is 5.69 Å². The van der Waals surface area contributed by atoms with E-state index in [9.17, 15) is 4.79 Å². The monoisotopic (exact) mass is 304 g/mol. The first-order chi connectivity index (χ1) is 10.2. The van der Waals surface area contributed by atoms with Gasteiger partial charge in [-0.3, -0.25) is 14.4 Å². The Morgan fingerprint density at radius 2 is 2.38 bits per heavy atom. The maximum atomic E-state index is 12.7. The quantitative estimate of drug-likeness (QED) is 0.849. The zero-order valence-corrected chi connectivity index (χ0v) is 13.2. The van der Waals surface area contributed by atoms with Crippen molar-refractivity contribution >= 4 is 22.9 Å². The number of hydrogen-bond acceptors (Lipinski definition) is 4. The van der Waals surface area contributed by atoms with Gasteiger partial charge in [0, 0.05) is 31.2 Å². The normalized spacial score (nSPS) is 18.9. The number of carbonyl (C=O) groups excluding carboxylic acids is 1. The topological polar surface area (TPSA) is 41.4 Å². The highest BCUT2D eigenvalue weighted by molar-refractivity contribution is 7.09. The summed E-state index contributed by atoms with van der Waals surface area (Å²) in [6.45, 7) is 4.63. The number of aromatic nitrogens is 2. The lowest BCUT2D eigenvalue weighted by Crippen LogP contribution is -2.41. The van der Waals surface area contributed by atoms with Crippen LogP contribution in [0.5, 0.6) is 0 Å². The number of rotatable bonds is 5.